The van der Waals surface area contributed by atoms with Crippen molar-refractivity contribution in [1.82, 2.24) is 4.90 Å². The van der Waals surface area contributed by atoms with Gasteiger partial charge in [0.25, 0.3) is 0 Å². The topological polar surface area (TPSA) is 41.9 Å². The normalized spacial score (nSPS) is 17.4. The Kier molecular flexibility index (Phi) is 5.05. The Morgan fingerprint density at radius 3 is 2.68 bits per heavy atom. The summed E-state index contributed by atoms with van der Waals surface area (Å²) in [6.07, 6.45) is 1.64. The Morgan fingerprint density at radius 2 is 2.05 bits per heavy atom. The molecule has 1 aromatic carbocycles. The van der Waals surface area contributed by atoms with Gasteiger partial charge in [-0.2, -0.15) is 0 Å². The van der Waals surface area contributed by atoms with Crippen LogP contribution in [0.5, 0.6) is 11.5 Å². The Labute approximate surface area is 114 Å². The van der Waals surface area contributed by atoms with E-state index in [0.717, 1.165) is 49.5 Å². The summed E-state index contributed by atoms with van der Waals surface area (Å²) in [4.78, 5) is 2.34. The van der Waals surface area contributed by atoms with E-state index in [9.17, 15) is 5.11 Å². The maximum Gasteiger partial charge on any atom is 0.122 e. The average Bonchev–Trinajstić information content (AvgIpc) is 2.41. The van der Waals surface area contributed by atoms with Crippen molar-refractivity contribution < 1.29 is 14.6 Å². The lowest BCUT2D eigenvalue weighted by atomic mass is 10.1. The largest absolute Gasteiger partial charge is 0.496 e. The monoisotopic (exact) mass is 265 g/mol. The SMILES string of the molecule is COc1ccc(OCCN2CCC(O)CC2)cc1C. The van der Waals surface area contributed by atoms with Crippen LogP contribution in [0.2, 0.25) is 0 Å². The van der Waals surface area contributed by atoms with Crippen LogP contribution in [-0.4, -0.2) is 49.5 Å². The zero-order valence-electron chi connectivity index (χ0n) is 11.8. The van der Waals surface area contributed by atoms with E-state index >= 15 is 0 Å². The number of aryl methyl sites for hydroxylation is 1. The molecule has 0 aliphatic carbocycles. The van der Waals surface area contributed by atoms with Gasteiger partial charge in [-0.3, -0.25) is 4.90 Å². The van der Waals surface area contributed by atoms with E-state index in [4.69, 9.17) is 9.47 Å². The minimum absolute atomic E-state index is 0.110. The number of methoxy groups -OCH3 is 1. The Bertz CT molecular complexity index is 400. The number of ether oxygens (including phenoxy) is 2. The molecule has 1 aliphatic heterocycles. The third-order valence-electron chi connectivity index (χ3n) is 3.60. The summed E-state index contributed by atoms with van der Waals surface area (Å²) in [5, 5.41) is 9.44. The van der Waals surface area contributed by atoms with Gasteiger partial charge in [0.05, 0.1) is 13.2 Å². The standard InChI is InChI=1S/C15H23NO3/c1-12-11-14(3-4-15(12)18-2)19-10-9-16-7-5-13(17)6-8-16/h3-4,11,13,17H,5-10H2,1-2H3. The van der Waals surface area contributed by atoms with Crippen molar-refractivity contribution in [2.45, 2.75) is 25.9 Å². The molecule has 0 unspecified atom stereocenters. The molecule has 2 rings (SSSR count). The minimum Gasteiger partial charge on any atom is -0.496 e. The highest BCUT2D eigenvalue weighted by atomic mass is 16.5. The molecule has 1 N–H and O–H groups in total. The Hall–Kier alpha value is -1.26. The number of aliphatic hydroxyl groups is 1. The highest BCUT2D eigenvalue weighted by Crippen LogP contribution is 2.22. The zero-order chi connectivity index (χ0) is 13.7. The van der Waals surface area contributed by atoms with E-state index < -0.39 is 0 Å². The molecule has 4 nitrogen and oxygen atoms in total. The second kappa shape index (κ2) is 6.78. The Balaban J connectivity index is 1.75. The van der Waals surface area contributed by atoms with Crippen molar-refractivity contribution in [2.75, 3.05) is 33.4 Å². The summed E-state index contributed by atoms with van der Waals surface area (Å²) in [5.74, 6) is 1.77. The van der Waals surface area contributed by atoms with Crippen LogP contribution in [0.15, 0.2) is 18.2 Å². The van der Waals surface area contributed by atoms with Gasteiger partial charge in [-0.15, -0.1) is 0 Å². The molecule has 0 spiro atoms. The maximum atomic E-state index is 9.44. The molecule has 1 heterocycles. The van der Waals surface area contributed by atoms with Crippen molar-refractivity contribution in [3.63, 3.8) is 0 Å². The molecule has 0 aromatic heterocycles. The van der Waals surface area contributed by atoms with Gasteiger partial charge in [0.1, 0.15) is 18.1 Å². The fourth-order valence-corrected chi connectivity index (χ4v) is 2.38. The van der Waals surface area contributed by atoms with Crippen LogP contribution in [-0.2, 0) is 0 Å². The number of rotatable bonds is 5. The van der Waals surface area contributed by atoms with Gasteiger partial charge < -0.3 is 14.6 Å². The smallest absolute Gasteiger partial charge is 0.122 e. The van der Waals surface area contributed by atoms with E-state index in [0.29, 0.717) is 6.61 Å². The lowest BCUT2D eigenvalue weighted by Gasteiger charge is -2.29. The third-order valence-corrected chi connectivity index (χ3v) is 3.60. The number of aliphatic hydroxyl groups excluding tert-OH is 1. The van der Waals surface area contributed by atoms with Crippen LogP contribution in [0.1, 0.15) is 18.4 Å². The summed E-state index contributed by atoms with van der Waals surface area (Å²) in [6.45, 7) is 5.54. The van der Waals surface area contributed by atoms with E-state index in [1.54, 1.807) is 7.11 Å². The Morgan fingerprint density at radius 1 is 1.32 bits per heavy atom. The van der Waals surface area contributed by atoms with Gasteiger partial charge in [0, 0.05) is 19.6 Å². The van der Waals surface area contributed by atoms with Crippen LogP contribution in [0.3, 0.4) is 0 Å². The van der Waals surface area contributed by atoms with Crippen molar-refractivity contribution >= 4 is 0 Å². The molecule has 1 aliphatic rings. The number of benzene rings is 1. The fourth-order valence-electron chi connectivity index (χ4n) is 2.38. The predicted octanol–water partition coefficient (Wildman–Crippen LogP) is 1.84. The first-order valence-electron chi connectivity index (χ1n) is 6.87. The van der Waals surface area contributed by atoms with E-state index in [-0.39, 0.29) is 6.10 Å². The predicted molar refractivity (Wildman–Crippen MR) is 74.9 cm³/mol. The van der Waals surface area contributed by atoms with E-state index in [2.05, 4.69) is 4.90 Å². The van der Waals surface area contributed by atoms with Gasteiger partial charge >= 0.3 is 0 Å². The highest BCUT2D eigenvalue weighted by Gasteiger charge is 2.16. The summed E-state index contributed by atoms with van der Waals surface area (Å²) in [7, 11) is 1.67. The van der Waals surface area contributed by atoms with Crippen LogP contribution < -0.4 is 9.47 Å². The van der Waals surface area contributed by atoms with Gasteiger partial charge in [0.15, 0.2) is 0 Å². The van der Waals surface area contributed by atoms with Crippen molar-refractivity contribution in [3.05, 3.63) is 23.8 Å². The summed E-state index contributed by atoms with van der Waals surface area (Å²) in [5.41, 5.74) is 1.08. The highest BCUT2D eigenvalue weighted by molar-refractivity contribution is 5.39. The summed E-state index contributed by atoms with van der Waals surface area (Å²) < 4.78 is 11.0. The van der Waals surface area contributed by atoms with Crippen molar-refractivity contribution in [1.29, 1.82) is 0 Å². The fraction of sp³-hybridized carbons (Fsp3) is 0.600. The van der Waals surface area contributed by atoms with Crippen LogP contribution >= 0.6 is 0 Å². The molecule has 0 atom stereocenters. The molecule has 1 aromatic rings. The van der Waals surface area contributed by atoms with Gasteiger partial charge in [-0.25, -0.2) is 0 Å². The molecule has 0 radical (unpaired) electrons. The maximum absolute atomic E-state index is 9.44. The lowest BCUT2D eigenvalue weighted by molar-refractivity contribution is 0.0755. The van der Waals surface area contributed by atoms with Crippen LogP contribution in [0.25, 0.3) is 0 Å². The number of nitrogens with zero attached hydrogens (tertiary/aromatic N) is 1. The third kappa shape index (κ3) is 4.11. The molecule has 0 bridgehead atoms. The molecule has 1 fully saturated rings. The van der Waals surface area contributed by atoms with Gasteiger partial charge in [-0.1, -0.05) is 0 Å². The number of hydrogen-bond acceptors (Lipinski definition) is 4. The average molecular weight is 265 g/mol. The number of hydrogen-bond donors (Lipinski definition) is 1. The van der Waals surface area contributed by atoms with Gasteiger partial charge in [0.2, 0.25) is 0 Å². The van der Waals surface area contributed by atoms with Crippen LogP contribution in [0, 0.1) is 6.92 Å². The molecule has 0 saturated carbocycles. The van der Waals surface area contributed by atoms with Crippen LogP contribution in [0.4, 0.5) is 0 Å². The first-order chi connectivity index (χ1) is 9.19. The first kappa shape index (κ1) is 14.2. The molecule has 0 amide bonds. The van der Waals surface area contributed by atoms with E-state index in [1.165, 1.54) is 0 Å². The minimum atomic E-state index is -0.110. The molecular formula is C15H23NO3. The molecule has 106 valence electrons. The molecular weight excluding hydrogens is 242 g/mol. The molecule has 1 saturated heterocycles. The summed E-state index contributed by atoms with van der Waals surface area (Å²) in [6, 6.07) is 5.87. The summed E-state index contributed by atoms with van der Waals surface area (Å²) >= 11 is 0. The second-order valence-corrected chi connectivity index (χ2v) is 5.05. The number of likely N-dealkylation sites (tertiary alicyclic amines) is 1. The first-order valence-corrected chi connectivity index (χ1v) is 6.87. The lowest BCUT2D eigenvalue weighted by Crippen LogP contribution is -2.38. The molecule has 4 heteroatoms. The zero-order valence-corrected chi connectivity index (χ0v) is 11.8. The van der Waals surface area contributed by atoms with Crippen molar-refractivity contribution in [2.24, 2.45) is 0 Å². The quantitative estimate of drug-likeness (QED) is 0.882. The van der Waals surface area contributed by atoms with Gasteiger partial charge in [-0.05, 0) is 43.5 Å². The van der Waals surface area contributed by atoms with E-state index in [1.807, 2.05) is 25.1 Å². The number of piperidine rings is 1. The second-order valence-electron chi connectivity index (χ2n) is 5.05. The van der Waals surface area contributed by atoms with Crippen molar-refractivity contribution in [3.8, 4) is 11.5 Å². The molecule has 19 heavy (non-hydrogen) atoms.